The maximum absolute atomic E-state index is 13.5. The van der Waals surface area contributed by atoms with Gasteiger partial charge in [-0.15, -0.1) is 17.5 Å². The van der Waals surface area contributed by atoms with E-state index < -0.39 is 0 Å². The minimum Gasteiger partial charge on any atom is -0.324 e. The van der Waals surface area contributed by atoms with E-state index in [1.54, 1.807) is 41.1 Å². The molecule has 1 atom stereocenters. The summed E-state index contributed by atoms with van der Waals surface area (Å²) >= 11 is 6.04. The summed E-state index contributed by atoms with van der Waals surface area (Å²) in [7, 11) is 0. The lowest BCUT2D eigenvalue weighted by Gasteiger charge is -2.24. The molecule has 6 nitrogen and oxygen atoms in total. The number of carbonyl (C=O) groups excluding carboxylic acids is 1. The third-order valence-electron chi connectivity index (χ3n) is 5.37. The van der Waals surface area contributed by atoms with Gasteiger partial charge in [0.2, 0.25) is 5.95 Å². The molecule has 0 saturated heterocycles. The van der Waals surface area contributed by atoms with Crippen molar-refractivity contribution >= 4 is 47.5 Å². The second-order valence-electron chi connectivity index (χ2n) is 7.73. The smallest absolute Gasteiger partial charge is 0.258 e. The monoisotopic (exact) mass is 495 g/mol. The molecule has 172 valence electrons. The number of aryl methyl sites for hydroxylation is 1. The second-order valence-corrected chi connectivity index (χ2v) is 8.17. The van der Waals surface area contributed by atoms with E-state index in [0.717, 1.165) is 22.4 Å². The fourth-order valence-electron chi connectivity index (χ4n) is 3.62. The summed E-state index contributed by atoms with van der Waals surface area (Å²) in [6, 6.07) is 20.5. The van der Waals surface area contributed by atoms with Crippen LogP contribution < -0.4 is 10.6 Å². The summed E-state index contributed by atoms with van der Waals surface area (Å²) in [6.45, 7) is 1.96. The van der Waals surface area contributed by atoms with Crippen LogP contribution in [0.4, 0.5) is 16.3 Å². The van der Waals surface area contributed by atoms with Crippen LogP contribution >= 0.6 is 24.0 Å². The first-order chi connectivity index (χ1) is 16.0. The molecule has 2 heterocycles. The number of halogens is 3. The van der Waals surface area contributed by atoms with Gasteiger partial charge in [0.25, 0.3) is 11.9 Å². The fourth-order valence-corrected chi connectivity index (χ4v) is 3.75. The Labute approximate surface area is 206 Å². The van der Waals surface area contributed by atoms with E-state index >= 15 is 0 Å². The lowest BCUT2D eigenvalue weighted by atomic mass is 10.0. The summed E-state index contributed by atoms with van der Waals surface area (Å²) < 4.78 is 15.2. The Morgan fingerprint density at radius 3 is 2.38 bits per heavy atom. The molecule has 0 saturated carbocycles. The molecule has 5 rings (SSSR count). The second kappa shape index (κ2) is 9.67. The van der Waals surface area contributed by atoms with Crippen LogP contribution in [0.3, 0.4) is 0 Å². The molecule has 4 aromatic rings. The van der Waals surface area contributed by atoms with Gasteiger partial charge in [-0.05, 0) is 60.5 Å². The van der Waals surface area contributed by atoms with E-state index in [1.807, 2.05) is 37.3 Å². The van der Waals surface area contributed by atoms with Gasteiger partial charge in [0.05, 0.1) is 0 Å². The quantitative estimate of drug-likeness (QED) is 0.358. The average Bonchev–Trinajstić information content (AvgIpc) is 3.22. The van der Waals surface area contributed by atoms with Gasteiger partial charge in [0, 0.05) is 16.3 Å². The Bertz CT molecular complexity index is 1350. The van der Waals surface area contributed by atoms with Crippen molar-refractivity contribution in [3.63, 3.8) is 0 Å². The van der Waals surface area contributed by atoms with E-state index in [-0.39, 0.29) is 36.1 Å². The number of anilines is 2. The summed E-state index contributed by atoms with van der Waals surface area (Å²) in [4.78, 5) is 17.1. The molecule has 0 aliphatic carbocycles. The Hall–Kier alpha value is -3.68. The highest BCUT2D eigenvalue weighted by Crippen LogP contribution is 2.33. The highest BCUT2D eigenvalue weighted by molar-refractivity contribution is 6.30. The molecule has 0 fully saturated rings. The molecule has 1 aromatic heterocycles. The van der Waals surface area contributed by atoms with Crippen molar-refractivity contribution in [2.75, 3.05) is 10.6 Å². The van der Waals surface area contributed by atoms with Crippen molar-refractivity contribution in [2.24, 2.45) is 0 Å². The van der Waals surface area contributed by atoms with Crippen LogP contribution in [-0.2, 0) is 0 Å². The standard InChI is InChI=1S/C25H19ClFN5O.ClH/c1-15-2-4-18(5-3-15)23(33)29-24-30-25-28-21(16-6-10-19(26)11-7-16)14-22(32(25)31-24)17-8-12-20(27)13-9-17;/h2-14,22H,1H3,(H2,28,29,30,31,33);1H. The van der Waals surface area contributed by atoms with Crippen LogP contribution in [0.25, 0.3) is 5.70 Å². The summed E-state index contributed by atoms with van der Waals surface area (Å²) in [5.74, 6) is -0.00135. The molecule has 1 unspecified atom stereocenters. The molecule has 0 spiro atoms. The molecular weight excluding hydrogens is 476 g/mol. The Morgan fingerprint density at radius 1 is 1.03 bits per heavy atom. The molecular formula is C25H20Cl2FN5O. The zero-order valence-corrected chi connectivity index (χ0v) is 19.6. The largest absolute Gasteiger partial charge is 0.324 e. The van der Waals surface area contributed by atoms with Gasteiger partial charge in [0.1, 0.15) is 11.9 Å². The third-order valence-corrected chi connectivity index (χ3v) is 5.62. The van der Waals surface area contributed by atoms with Crippen LogP contribution in [0.5, 0.6) is 0 Å². The molecule has 0 bridgehead atoms. The number of nitrogens with zero attached hydrogens (tertiary/aromatic N) is 3. The van der Waals surface area contributed by atoms with Crippen LogP contribution in [0, 0.1) is 12.7 Å². The van der Waals surface area contributed by atoms with Crippen LogP contribution in [-0.4, -0.2) is 20.7 Å². The maximum Gasteiger partial charge on any atom is 0.258 e. The van der Waals surface area contributed by atoms with Gasteiger partial charge >= 0.3 is 0 Å². The number of hydrogen-bond donors (Lipinski definition) is 2. The number of fused-ring (bicyclic) bond motifs is 1. The van der Waals surface area contributed by atoms with Gasteiger partial charge in [-0.1, -0.05) is 53.6 Å². The lowest BCUT2D eigenvalue weighted by molar-refractivity contribution is 0.102. The van der Waals surface area contributed by atoms with Crippen molar-refractivity contribution in [2.45, 2.75) is 13.0 Å². The average molecular weight is 496 g/mol. The minimum atomic E-state index is -0.356. The van der Waals surface area contributed by atoms with E-state index in [1.165, 1.54) is 12.1 Å². The highest BCUT2D eigenvalue weighted by Gasteiger charge is 2.26. The third kappa shape index (κ3) is 4.81. The predicted molar refractivity (Wildman–Crippen MR) is 134 cm³/mol. The Kier molecular flexibility index (Phi) is 6.68. The van der Waals surface area contributed by atoms with Gasteiger partial charge < -0.3 is 5.32 Å². The van der Waals surface area contributed by atoms with Crippen molar-refractivity contribution in [3.05, 3.63) is 112 Å². The number of hydrogen-bond acceptors (Lipinski definition) is 4. The summed E-state index contributed by atoms with van der Waals surface area (Å²) in [5.41, 5.74) is 4.11. The number of allylic oxidation sites excluding steroid dienone is 1. The van der Waals surface area contributed by atoms with Crippen molar-refractivity contribution in [1.82, 2.24) is 14.8 Å². The van der Waals surface area contributed by atoms with E-state index in [9.17, 15) is 9.18 Å². The van der Waals surface area contributed by atoms with E-state index in [2.05, 4.69) is 20.7 Å². The summed E-state index contributed by atoms with van der Waals surface area (Å²) in [5, 5.41) is 11.2. The first kappa shape index (κ1) is 23.5. The highest BCUT2D eigenvalue weighted by atomic mass is 35.5. The zero-order chi connectivity index (χ0) is 22.9. The number of benzene rings is 3. The van der Waals surface area contributed by atoms with Gasteiger partial charge in [-0.2, -0.15) is 4.98 Å². The Morgan fingerprint density at radius 2 is 1.71 bits per heavy atom. The van der Waals surface area contributed by atoms with Crippen molar-refractivity contribution in [1.29, 1.82) is 0 Å². The number of nitrogens with one attached hydrogen (secondary N) is 2. The predicted octanol–water partition coefficient (Wildman–Crippen LogP) is 6.11. The van der Waals surface area contributed by atoms with E-state index in [4.69, 9.17) is 11.6 Å². The molecule has 1 aliphatic heterocycles. The van der Waals surface area contributed by atoms with Gasteiger partial charge in [0.15, 0.2) is 0 Å². The minimum absolute atomic E-state index is 0. The molecule has 2 N–H and O–H groups in total. The topological polar surface area (TPSA) is 71.8 Å². The number of aromatic nitrogens is 3. The Balaban J connectivity index is 0.00000274. The SMILES string of the molecule is Cc1ccc(C(=O)Nc2nc3n(n2)C(c2ccc(F)cc2)C=C(c2ccc(Cl)cc2)N3)cc1.Cl. The zero-order valence-electron chi connectivity index (χ0n) is 18.0. The van der Waals surface area contributed by atoms with Gasteiger partial charge in [-0.25, -0.2) is 9.07 Å². The first-order valence-corrected chi connectivity index (χ1v) is 10.7. The van der Waals surface area contributed by atoms with Crippen LogP contribution in [0.15, 0.2) is 78.9 Å². The number of amides is 1. The maximum atomic E-state index is 13.5. The van der Waals surface area contributed by atoms with Gasteiger partial charge in [-0.3, -0.25) is 10.1 Å². The molecule has 9 heteroatoms. The van der Waals surface area contributed by atoms with Crippen LogP contribution in [0.2, 0.25) is 5.02 Å². The number of rotatable bonds is 4. The van der Waals surface area contributed by atoms with E-state index in [0.29, 0.717) is 16.5 Å². The first-order valence-electron chi connectivity index (χ1n) is 10.3. The molecule has 1 aliphatic rings. The fraction of sp³-hybridized carbons (Fsp3) is 0.0800. The molecule has 0 radical (unpaired) electrons. The molecule has 34 heavy (non-hydrogen) atoms. The normalized spacial score (nSPS) is 14.3. The van der Waals surface area contributed by atoms with Crippen molar-refractivity contribution in [3.8, 4) is 0 Å². The summed E-state index contributed by atoms with van der Waals surface area (Å²) in [6.07, 6.45) is 1.98. The lowest BCUT2D eigenvalue weighted by Crippen LogP contribution is -2.20. The van der Waals surface area contributed by atoms with Crippen LogP contribution in [0.1, 0.15) is 33.1 Å². The van der Waals surface area contributed by atoms with Crippen molar-refractivity contribution < 1.29 is 9.18 Å². The molecule has 3 aromatic carbocycles. The molecule has 1 amide bonds. The number of carbonyl (C=O) groups is 1.